The summed E-state index contributed by atoms with van der Waals surface area (Å²) in [6.45, 7) is 0. The molecule has 4 saturated carbocycles. The minimum absolute atomic E-state index is 0.227. The highest BCUT2D eigenvalue weighted by Crippen LogP contribution is 2.61. The Bertz CT molecular complexity index is 477. The first-order chi connectivity index (χ1) is 10.1. The average Bonchev–Trinajstić information content (AvgIpc) is 2.39. The van der Waals surface area contributed by atoms with E-state index in [2.05, 4.69) is 20.9 Å². The summed E-state index contributed by atoms with van der Waals surface area (Å²) in [5.41, 5.74) is 1.47. The Labute approximate surface area is 135 Å². The number of aliphatic hydroxyl groups is 1. The van der Waals surface area contributed by atoms with Gasteiger partial charge in [-0.1, -0.05) is 0 Å². The molecule has 2 nitrogen and oxygen atoms in total. The molecule has 4 fully saturated rings. The van der Waals surface area contributed by atoms with Gasteiger partial charge in [0.2, 0.25) is 0 Å². The first-order valence-corrected chi connectivity index (χ1v) is 9.18. The van der Waals surface area contributed by atoms with E-state index in [9.17, 15) is 5.11 Å². The fourth-order valence-corrected chi connectivity index (χ4v) is 6.12. The van der Waals surface area contributed by atoms with Crippen LogP contribution in [0.3, 0.4) is 0 Å². The van der Waals surface area contributed by atoms with Gasteiger partial charge in [-0.25, -0.2) is 0 Å². The summed E-state index contributed by atoms with van der Waals surface area (Å²) in [5.74, 6) is 2.90. The second-order valence-electron chi connectivity index (χ2n) is 7.95. The van der Waals surface area contributed by atoms with Crippen molar-refractivity contribution in [2.75, 3.05) is 0 Å². The van der Waals surface area contributed by atoms with Crippen LogP contribution in [-0.2, 0) is 6.42 Å². The molecule has 4 aliphatic rings. The normalized spacial score (nSPS) is 38.7. The quantitative estimate of drug-likeness (QED) is 0.876. The fourth-order valence-electron chi connectivity index (χ4n) is 5.88. The fraction of sp³-hybridized carbons (Fsp3) is 0.722. The van der Waals surface area contributed by atoms with Crippen molar-refractivity contribution in [1.29, 1.82) is 0 Å². The maximum Gasteiger partial charge on any atom is 0.0600 e. The first kappa shape index (κ1) is 14.2. The van der Waals surface area contributed by atoms with Gasteiger partial charge in [-0.15, -0.1) is 0 Å². The number of nitrogens with zero attached hydrogens (tertiary/aromatic N) is 1. The van der Waals surface area contributed by atoms with Crippen LogP contribution in [0.2, 0.25) is 0 Å². The summed E-state index contributed by atoms with van der Waals surface area (Å²) in [6, 6.07) is 4.03. The van der Waals surface area contributed by atoms with Gasteiger partial charge >= 0.3 is 0 Å². The molecule has 1 aromatic heterocycles. The van der Waals surface area contributed by atoms with Crippen molar-refractivity contribution >= 4 is 15.9 Å². The van der Waals surface area contributed by atoms with Crippen molar-refractivity contribution < 1.29 is 5.11 Å². The Morgan fingerprint density at radius 3 is 2.29 bits per heavy atom. The molecule has 114 valence electrons. The minimum Gasteiger partial charge on any atom is -0.393 e. The number of pyridine rings is 1. The lowest BCUT2D eigenvalue weighted by atomic mass is 9.48. The largest absolute Gasteiger partial charge is 0.393 e. The predicted octanol–water partition coefficient (Wildman–Crippen LogP) is 4.35. The molecular weight excluding hydrogens is 326 g/mol. The molecule has 1 heterocycles. The van der Waals surface area contributed by atoms with Crippen LogP contribution in [0.15, 0.2) is 22.8 Å². The second-order valence-corrected chi connectivity index (χ2v) is 8.86. The third-order valence-electron chi connectivity index (χ3n) is 6.07. The molecule has 0 radical (unpaired) electrons. The predicted molar refractivity (Wildman–Crippen MR) is 86.9 cm³/mol. The van der Waals surface area contributed by atoms with E-state index in [0.29, 0.717) is 11.8 Å². The zero-order valence-corrected chi connectivity index (χ0v) is 14.1. The molecule has 21 heavy (non-hydrogen) atoms. The Morgan fingerprint density at radius 2 is 1.76 bits per heavy atom. The maximum absolute atomic E-state index is 10.6. The van der Waals surface area contributed by atoms with Gasteiger partial charge in [-0.3, -0.25) is 4.98 Å². The van der Waals surface area contributed by atoms with E-state index in [1.807, 2.05) is 18.3 Å². The number of aliphatic hydroxyl groups excluding tert-OH is 1. The number of rotatable bonds is 4. The van der Waals surface area contributed by atoms with Gasteiger partial charge in [-0.05, 0) is 96.2 Å². The van der Waals surface area contributed by atoms with Crippen LogP contribution in [0.1, 0.15) is 50.6 Å². The van der Waals surface area contributed by atoms with Crippen molar-refractivity contribution in [3.05, 3.63) is 28.5 Å². The summed E-state index contributed by atoms with van der Waals surface area (Å²) < 4.78 is 1.00. The Morgan fingerprint density at radius 1 is 1.14 bits per heavy atom. The highest BCUT2D eigenvalue weighted by molar-refractivity contribution is 9.10. The van der Waals surface area contributed by atoms with Crippen molar-refractivity contribution in [1.82, 2.24) is 4.98 Å². The van der Waals surface area contributed by atoms with Crippen LogP contribution in [0.5, 0.6) is 0 Å². The summed E-state index contributed by atoms with van der Waals surface area (Å²) in [5, 5.41) is 10.6. The minimum atomic E-state index is -0.227. The van der Waals surface area contributed by atoms with Gasteiger partial charge in [0.25, 0.3) is 0 Å². The first-order valence-electron chi connectivity index (χ1n) is 8.39. The standard InChI is InChI=1S/C18H24BrNO/c19-15-1-2-16(20-11-15)6-17(21)10-18-7-12-3-13(8-18)5-14(4-12)9-18/h1-2,11-14,17,21H,3-10H2. The van der Waals surface area contributed by atoms with Gasteiger partial charge in [0.1, 0.15) is 0 Å². The molecule has 0 aromatic carbocycles. The maximum atomic E-state index is 10.6. The van der Waals surface area contributed by atoms with E-state index < -0.39 is 0 Å². The number of halogens is 1. The zero-order valence-electron chi connectivity index (χ0n) is 12.5. The Hall–Kier alpha value is -0.410. The van der Waals surface area contributed by atoms with Crippen LogP contribution in [0.25, 0.3) is 0 Å². The Balaban J connectivity index is 1.42. The zero-order chi connectivity index (χ0) is 14.4. The van der Waals surface area contributed by atoms with E-state index in [-0.39, 0.29) is 6.10 Å². The topological polar surface area (TPSA) is 33.1 Å². The lowest BCUT2D eigenvalue weighted by molar-refractivity contribution is -0.0757. The van der Waals surface area contributed by atoms with Crippen molar-refractivity contribution in [2.45, 2.75) is 57.5 Å². The van der Waals surface area contributed by atoms with Crippen LogP contribution in [-0.4, -0.2) is 16.2 Å². The molecule has 0 aliphatic heterocycles. The van der Waals surface area contributed by atoms with Gasteiger partial charge in [0.15, 0.2) is 0 Å². The molecule has 1 aromatic rings. The lowest BCUT2D eigenvalue weighted by Crippen LogP contribution is -2.47. The monoisotopic (exact) mass is 349 g/mol. The van der Waals surface area contributed by atoms with E-state index in [0.717, 1.165) is 34.3 Å². The summed E-state index contributed by atoms with van der Waals surface area (Å²) in [4.78, 5) is 4.41. The molecule has 0 spiro atoms. The number of hydrogen-bond donors (Lipinski definition) is 1. The summed E-state index contributed by atoms with van der Waals surface area (Å²) >= 11 is 3.41. The van der Waals surface area contributed by atoms with Crippen molar-refractivity contribution in [3.8, 4) is 0 Å². The van der Waals surface area contributed by atoms with Gasteiger partial charge in [0, 0.05) is 22.8 Å². The van der Waals surface area contributed by atoms with E-state index in [4.69, 9.17) is 0 Å². The molecule has 1 N–H and O–H groups in total. The highest BCUT2D eigenvalue weighted by atomic mass is 79.9. The number of hydrogen-bond acceptors (Lipinski definition) is 2. The third-order valence-corrected chi connectivity index (χ3v) is 6.54. The molecule has 1 unspecified atom stereocenters. The molecular formula is C18H24BrNO. The molecule has 4 aliphatic carbocycles. The van der Waals surface area contributed by atoms with Crippen LogP contribution in [0.4, 0.5) is 0 Å². The average molecular weight is 350 g/mol. The van der Waals surface area contributed by atoms with E-state index >= 15 is 0 Å². The molecule has 0 saturated heterocycles. The lowest BCUT2D eigenvalue weighted by Gasteiger charge is -2.57. The second kappa shape index (κ2) is 5.34. The van der Waals surface area contributed by atoms with Gasteiger partial charge in [0.05, 0.1) is 6.10 Å². The van der Waals surface area contributed by atoms with Crippen molar-refractivity contribution in [2.24, 2.45) is 23.2 Å². The molecule has 0 amide bonds. The van der Waals surface area contributed by atoms with Crippen molar-refractivity contribution in [3.63, 3.8) is 0 Å². The van der Waals surface area contributed by atoms with Crippen LogP contribution < -0.4 is 0 Å². The molecule has 1 atom stereocenters. The van der Waals surface area contributed by atoms with E-state index in [1.54, 1.807) is 0 Å². The third kappa shape index (κ3) is 2.92. The van der Waals surface area contributed by atoms with E-state index in [1.165, 1.54) is 38.5 Å². The molecule has 3 heteroatoms. The summed E-state index contributed by atoms with van der Waals surface area (Å²) in [7, 11) is 0. The van der Waals surface area contributed by atoms with Gasteiger partial charge < -0.3 is 5.11 Å². The Kier molecular flexibility index (Phi) is 3.61. The summed E-state index contributed by atoms with van der Waals surface area (Å²) in [6.07, 6.45) is 11.9. The number of aromatic nitrogens is 1. The molecule has 5 rings (SSSR count). The van der Waals surface area contributed by atoms with Crippen LogP contribution >= 0.6 is 15.9 Å². The van der Waals surface area contributed by atoms with Crippen LogP contribution in [0, 0.1) is 23.2 Å². The highest BCUT2D eigenvalue weighted by Gasteiger charge is 2.51. The molecule has 4 bridgehead atoms. The SMILES string of the molecule is OC(Cc1ccc(Br)cn1)CC12CC3CC(CC(C3)C1)C2. The van der Waals surface area contributed by atoms with Gasteiger partial charge in [-0.2, -0.15) is 0 Å². The smallest absolute Gasteiger partial charge is 0.0600 e.